The summed E-state index contributed by atoms with van der Waals surface area (Å²) < 4.78 is 0. The van der Waals surface area contributed by atoms with Gasteiger partial charge in [0.15, 0.2) is 0 Å². The zero-order chi connectivity index (χ0) is 12.8. The van der Waals surface area contributed by atoms with Crippen LogP contribution in [0.5, 0.6) is 0 Å². The summed E-state index contributed by atoms with van der Waals surface area (Å²) in [6.45, 7) is 5.45. The summed E-state index contributed by atoms with van der Waals surface area (Å²) in [4.78, 5) is 8.52. The first-order chi connectivity index (χ1) is 8.78. The van der Waals surface area contributed by atoms with Gasteiger partial charge in [0.2, 0.25) is 0 Å². The van der Waals surface area contributed by atoms with Crippen molar-refractivity contribution < 1.29 is 0 Å². The number of anilines is 2. The molecule has 2 rings (SSSR count). The molecule has 1 aliphatic rings. The Balaban J connectivity index is 1.88. The molecule has 0 unspecified atom stereocenters. The Kier molecular flexibility index (Phi) is 4.79. The third kappa shape index (κ3) is 3.86. The highest BCUT2D eigenvalue weighted by Crippen LogP contribution is 2.25. The second-order valence-corrected chi connectivity index (χ2v) is 5.32. The van der Waals surface area contributed by atoms with Gasteiger partial charge < -0.3 is 10.6 Å². The maximum atomic E-state index is 4.30. The van der Waals surface area contributed by atoms with Gasteiger partial charge in [-0.25, -0.2) is 9.97 Å². The van der Waals surface area contributed by atoms with Gasteiger partial charge in [-0.1, -0.05) is 13.8 Å². The fourth-order valence-corrected chi connectivity index (χ4v) is 2.40. The van der Waals surface area contributed by atoms with Gasteiger partial charge >= 0.3 is 0 Å². The quantitative estimate of drug-likeness (QED) is 0.839. The molecule has 0 radical (unpaired) electrons. The van der Waals surface area contributed by atoms with Crippen LogP contribution in [0, 0.1) is 5.92 Å². The van der Waals surface area contributed by atoms with Crippen LogP contribution >= 0.6 is 0 Å². The Bertz CT molecular complexity index is 359. The predicted molar refractivity (Wildman–Crippen MR) is 75.9 cm³/mol. The smallest absolute Gasteiger partial charge is 0.131 e. The largest absolute Gasteiger partial charge is 0.370 e. The van der Waals surface area contributed by atoms with E-state index in [9.17, 15) is 0 Å². The third-order valence-electron chi connectivity index (χ3n) is 3.59. The number of hydrogen-bond donors (Lipinski definition) is 2. The van der Waals surface area contributed by atoms with Gasteiger partial charge in [-0.3, -0.25) is 0 Å². The van der Waals surface area contributed by atoms with Crippen LogP contribution < -0.4 is 10.6 Å². The molecule has 0 aliphatic heterocycles. The summed E-state index contributed by atoms with van der Waals surface area (Å²) in [6, 6.07) is 2.59. The van der Waals surface area contributed by atoms with Crippen LogP contribution in [0.4, 0.5) is 11.6 Å². The van der Waals surface area contributed by atoms with Crippen molar-refractivity contribution in [2.75, 3.05) is 17.2 Å². The van der Waals surface area contributed by atoms with Crippen LogP contribution in [0.15, 0.2) is 12.4 Å². The van der Waals surface area contributed by atoms with Crippen molar-refractivity contribution in [1.82, 2.24) is 9.97 Å². The molecule has 4 heteroatoms. The van der Waals surface area contributed by atoms with E-state index in [1.165, 1.54) is 25.7 Å². The Morgan fingerprint density at radius 3 is 2.61 bits per heavy atom. The highest BCUT2D eigenvalue weighted by Gasteiger charge is 2.18. The number of nitrogens with zero attached hydrogens (tertiary/aromatic N) is 2. The summed E-state index contributed by atoms with van der Waals surface area (Å²) in [5.74, 6) is 2.75. The van der Waals surface area contributed by atoms with Gasteiger partial charge in [-0.2, -0.15) is 0 Å². The van der Waals surface area contributed by atoms with Crippen LogP contribution in [-0.2, 0) is 0 Å². The van der Waals surface area contributed by atoms with Gasteiger partial charge in [0.05, 0.1) is 0 Å². The van der Waals surface area contributed by atoms with Crippen LogP contribution in [0.3, 0.4) is 0 Å². The standard InChI is InChI=1S/C14H24N4/c1-3-8-15-13-9-14(17-10-16-13)18-12-6-4-11(2)5-7-12/h9-12H,3-8H2,1-2H3,(H2,15,16,17,18). The lowest BCUT2D eigenvalue weighted by Crippen LogP contribution is -2.25. The van der Waals surface area contributed by atoms with Crippen molar-refractivity contribution in [3.63, 3.8) is 0 Å². The maximum Gasteiger partial charge on any atom is 0.131 e. The summed E-state index contributed by atoms with van der Waals surface area (Å²) in [7, 11) is 0. The lowest BCUT2D eigenvalue weighted by Gasteiger charge is -2.27. The van der Waals surface area contributed by atoms with Gasteiger partial charge in [0.1, 0.15) is 18.0 Å². The Hall–Kier alpha value is -1.32. The average Bonchev–Trinajstić information content (AvgIpc) is 2.40. The molecule has 1 aromatic heterocycles. The average molecular weight is 248 g/mol. The van der Waals surface area contributed by atoms with Crippen molar-refractivity contribution in [2.24, 2.45) is 5.92 Å². The van der Waals surface area contributed by atoms with Crippen LogP contribution in [-0.4, -0.2) is 22.6 Å². The Morgan fingerprint density at radius 2 is 1.89 bits per heavy atom. The van der Waals surface area contributed by atoms with Crippen molar-refractivity contribution in [1.29, 1.82) is 0 Å². The maximum absolute atomic E-state index is 4.30. The summed E-state index contributed by atoms with van der Waals surface area (Å²) in [6.07, 6.45) is 7.89. The van der Waals surface area contributed by atoms with E-state index in [0.717, 1.165) is 30.5 Å². The SMILES string of the molecule is CCCNc1cc(NC2CCC(C)CC2)ncn1. The zero-order valence-corrected chi connectivity index (χ0v) is 11.4. The number of hydrogen-bond acceptors (Lipinski definition) is 4. The van der Waals surface area contributed by atoms with Gasteiger partial charge in [-0.05, 0) is 38.0 Å². The predicted octanol–water partition coefficient (Wildman–Crippen LogP) is 3.29. The fourth-order valence-electron chi connectivity index (χ4n) is 2.40. The van der Waals surface area contributed by atoms with E-state index in [4.69, 9.17) is 0 Å². The topological polar surface area (TPSA) is 49.8 Å². The molecule has 4 nitrogen and oxygen atoms in total. The lowest BCUT2D eigenvalue weighted by molar-refractivity contribution is 0.361. The number of rotatable bonds is 5. The molecule has 0 saturated heterocycles. The van der Waals surface area contributed by atoms with E-state index in [1.807, 2.05) is 6.07 Å². The highest BCUT2D eigenvalue weighted by atomic mass is 15.1. The fraction of sp³-hybridized carbons (Fsp3) is 0.714. The Labute approximate surface area is 110 Å². The van der Waals surface area contributed by atoms with E-state index in [0.29, 0.717) is 6.04 Å². The monoisotopic (exact) mass is 248 g/mol. The molecule has 0 atom stereocenters. The molecule has 0 aromatic carbocycles. The lowest BCUT2D eigenvalue weighted by atomic mass is 9.87. The first-order valence-corrected chi connectivity index (χ1v) is 7.10. The summed E-state index contributed by atoms with van der Waals surface area (Å²) in [5, 5.41) is 6.82. The highest BCUT2D eigenvalue weighted by molar-refractivity contribution is 5.46. The molecule has 0 amide bonds. The molecule has 1 fully saturated rings. The summed E-state index contributed by atoms with van der Waals surface area (Å²) in [5.41, 5.74) is 0. The van der Waals surface area contributed by atoms with E-state index in [1.54, 1.807) is 6.33 Å². The second-order valence-electron chi connectivity index (χ2n) is 5.32. The van der Waals surface area contributed by atoms with Crippen LogP contribution in [0.2, 0.25) is 0 Å². The number of aromatic nitrogens is 2. The second kappa shape index (κ2) is 6.57. The molecule has 1 aliphatic carbocycles. The van der Waals surface area contributed by atoms with E-state index in [-0.39, 0.29) is 0 Å². The molecule has 0 spiro atoms. The van der Waals surface area contributed by atoms with Crippen molar-refractivity contribution in [3.8, 4) is 0 Å². The first-order valence-electron chi connectivity index (χ1n) is 7.10. The van der Waals surface area contributed by atoms with Gasteiger partial charge in [0.25, 0.3) is 0 Å². The molecule has 1 saturated carbocycles. The normalized spacial score (nSPS) is 23.7. The van der Waals surface area contributed by atoms with Gasteiger partial charge in [-0.15, -0.1) is 0 Å². The minimum Gasteiger partial charge on any atom is -0.370 e. The van der Waals surface area contributed by atoms with E-state index in [2.05, 4.69) is 34.4 Å². The minimum absolute atomic E-state index is 0.579. The molecule has 18 heavy (non-hydrogen) atoms. The molecular formula is C14H24N4. The molecule has 0 bridgehead atoms. The van der Waals surface area contributed by atoms with E-state index < -0.39 is 0 Å². The van der Waals surface area contributed by atoms with E-state index >= 15 is 0 Å². The number of nitrogens with one attached hydrogen (secondary N) is 2. The molecule has 1 heterocycles. The van der Waals surface area contributed by atoms with Crippen LogP contribution in [0.25, 0.3) is 0 Å². The molecule has 2 N–H and O–H groups in total. The first kappa shape index (κ1) is 13.1. The summed E-state index contributed by atoms with van der Waals surface area (Å²) >= 11 is 0. The van der Waals surface area contributed by atoms with Crippen LogP contribution in [0.1, 0.15) is 46.0 Å². The minimum atomic E-state index is 0.579. The van der Waals surface area contributed by atoms with Gasteiger partial charge in [0, 0.05) is 18.7 Å². The Morgan fingerprint density at radius 1 is 1.17 bits per heavy atom. The third-order valence-corrected chi connectivity index (χ3v) is 3.59. The molecule has 1 aromatic rings. The van der Waals surface area contributed by atoms with Crippen molar-refractivity contribution in [3.05, 3.63) is 12.4 Å². The molecule has 100 valence electrons. The van der Waals surface area contributed by atoms with Crippen molar-refractivity contribution >= 4 is 11.6 Å². The van der Waals surface area contributed by atoms with Crippen molar-refractivity contribution in [2.45, 2.75) is 52.0 Å². The molecular weight excluding hydrogens is 224 g/mol. The zero-order valence-electron chi connectivity index (χ0n) is 11.4.